The molecule has 4 aromatic rings. The first-order valence-electron chi connectivity index (χ1n) is 10.6. The number of halogens is 2. The second-order valence-electron chi connectivity index (χ2n) is 7.98. The zero-order chi connectivity index (χ0) is 24.2. The molecule has 10 heteroatoms. The highest BCUT2D eigenvalue weighted by molar-refractivity contribution is 9.10. The Morgan fingerprint density at radius 1 is 0.941 bits per heavy atom. The van der Waals surface area contributed by atoms with E-state index in [0.717, 1.165) is 24.6 Å². The highest BCUT2D eigenvalue weighted by Crippen LogP contribution is 2.16. The molecule has 2 aromatic carbocycles. The van der Waals surface area contributed by atoms with E-state index in [-0.39, 0.29) is 6.10 Å². The predicted octanol–water partition coefficient (Wildman–Crippen LogP) is 3.76. The van der Waals surface area contributed by atoms with Gasteiger partial charge in [-0.2, -0.15) is 0 Å². The lowest BCUT2D eigenvalue weighted by atomic mass is 10.2. The maximum absolute atomic E-state index is 12.8. The Kier molecular flexibility index (Phi) is 7.82. The smallest absolute Gasteiger partial charge is 0.332 e. The SMILES string of the molecule is Cn1c(=O)c2c(ncn2CC(COCc2cccc(Br)c2)OCc2cccc(Br)c2)n(C)c1=O. The summed E-state index contributed by atoms with van der Waals surface area (Å²) < 4.78 is 18.3. The Hall–Kier alpha value is -2.53. The molecule has 8 nitrogen and oxygen atoms in total. The van der Waals surface area contributed by atoms with E-state index < -0.39 is 11.2 Å². The second kappa shape index (κ2) is 10.8. The van der Waals surface area contributed by atoms with Crippen molar-refractivity contribution in [1.29, 1.82) is 0 Å². The molecule has 0 aliphatic rings. The molecule has 1 atom stereocenters. The Balaban J connectivity index is 1.55. The van der Waals surface area contributed by atoms with Gasteiger partial charge in [-0.3, -0.25) is 13.9 Å². The van der Waals surface area contributed by atoms with Gasteiger partial charge in [-0.05, 0) is 35.4 Å². The van der Waals surface area contributed by atoms with Gasteiger partial charge in [0, 0.05) is 23.0 Å². The summed E-state index contributed by atoms with van der Waals surface area (Å²) >= 11 is 6.96. The zero-order valence-corrected chi connectivity index (χ0v) is 22.0. The summed E-state index contributed by atoms with van der Waals surface area (Å²) in [4.78, 5) is 29.4. The Bertz CT molecular complexity index is 1430. The van der Waals surface area contributed by atoms with Gasteiger partial charge < -0.3 is 14.0 Å². The van der Waals surface area contributed by atoms with E-state index in [1.165, 1.54) is 11.6 Å². The molecule has 0 saturated carbocycles. The molecule has 34 heavy (non-hydrogen) atoms. The van der Waals surface area contributed by atoms with Crippen molar-refractivity contribution in [3.63, 3.8) is 0 Å². The summed E-state index contributed by atoms with van der Waals surface area (Å²) in [7, 11) is 3.06. The predicted molar refractivity (Wildman–Crippen MR) is 137 cm³/mol. The molecule has 0 saturated heterocycles. The maximum Gasteiger partial charge on any atom is 0.332 e. The van der Waals surface area contributed by atoms with Gasteiger partial charge >= 0.3 is 5.69 Å². The van der Waals surface area contributed by atoms with Crippen LogP contribution in [0.5, 0.6) is 0 Å². The van der Waals surface area contributed by atoms with Crippen molar-refractivity contribution < 1.29 is 9.47 Å². The van der Waals surface area contributed by atoms with Crippen molar-refractivity contribution in [2.45, 2.75) is 25.9 Å². The minimum atomic E-state index is -0.414. The van der Waals surface area contributed by atoms with E-state index in [9.17, 15) is 9.59 Å². The highest BCUT2D eigenvalue weighted by Gasteiger charge is 2.18. The van der Waals surface area contributed by atoms with Crippen LogP contribution in [0.3, 0.4) is 0 Å². The number of benzene rings is 2. The van der Waals surface area contributed by atoms with E-state index in [4.69, 9.17) is 9.47 Å². The number of aromatic nitrogens is 4. The van der Waals surface area contributed by atoms with Crippen LogP contribution < -0.4 is 11.2 Å². The average Bonchev–Trinajstić information content (AvgIpc) is 3.23. The molecule has 0 radical (unpaired) electrons. The van der Waals surface area contributed by atoms with Crippen LogP contribution in [0.2, 0.25) is 0 Å². The highest BCUT2D eigenvalue weighted by atomic mass is 79.9. The molecule has 0 aliphatic carbocycles. The third-order valence-electron chi connectivity index (χ3n) is 5.45. The lowest BCUT2D eigenvalue weighted by molar-refractivity contribution is -0.0368. The molecular weight excluding hydrogens is 568 g/mol. The number of hydrogen-bond acceptors (Lipinski definition) is 5. The van der Waals surface area contributed by atoms with Gasteiger partial charge in [0.05, 0.1) is 38.8 Å². The molecule has 178 valence electrons. The summed E-state index contributed by atoms with van der Waals surface area (Å²) in [6.07, 6.45) is 1.21. The molecule has 1 unspecified atom stereocenters. The van der Waals surface area contributed by atoms with Crippen LogP contribution in [-0.2, 0) is 43.3 Å². The van der Waals surface area contributed by atoms with Gasteiger partial charge in [0.15, 0.2) is 11.2 Å². The van der Waals surface area contributed by atoms with Gasteiger partial charge in [0.25, 0.3) is 5.56 Å². The first-order valence-corrected chi connectivity index (χ1v) is 12.2. The van der Waals surface area contributed by atoms with Crippen LogP contribution in [0.4, 0.5) is 0 Å². The van der Waals surface area contributed by atoms with E-state index >= 15 is 0 Å². The van der Waals surface area contributed by atoms with Crippen LogP contribution in [0, 0.1) is 0 Å². The monoisotopic (exact) mass is 590 g/mol. The number of fused-ring (bicyclic) bond motifs is 1. The normalized spacial score (nSPS) is 12.4. The van der Waals surface area contributed by atoms with Crippen molar-refractivity contribution >= 4 is 43.0 Å². The lowest BCUT2D eigenvalue weighted by Crippen LogP contribution is -2.38. The first kappa shape index (κ1) is 24.6. The topological polar surface area (TPSA) is 80.3 Å². The number of nitrogens with zero attached hydrogens (tertiary/aromatic N) is 4. The molecule has 0 N–H and O–H groups in total. The summed E-state index contributed by atoms with van der Waals surface area (Å²) in [6, 6.07) is 15.8. The van der Waals surface area contributed by atoms with E-state index in [1.807, 2.05) is 48.5 Å². The Morgan fingerprint density at radius 3 is 2.24 bits per heavy atom. The molecule has 0 amide bonds. The Morgan fingerprint density at radius 2 is 1.59 bits per heavy atom. The summed E-state index contributed by atoms with van der Waals surface area (Å²) in [5.74, 6) is 0. The molecule has 0 bridgehead atoms. The van der Waals surface area contributed by atoms with Crippen molar-refractivity contribution in [1.82, 2.24) is 18.7 Å². The van der Waals surface area contributed by atoms with Crippen molar-refractivity contribution in [2.24, 2.45) is 14.1 Å². The third kappa shape index (κ3) is 5.57. The summed E-state index contributed by atoms with van der Waals surface area (Å²) in [6.45, 7) is 1.47. The second-order valence-corrected chi connectivity index (χ2v) is 9.81. The van der Waals surface area contributed by atoms with Gasteiger partial charge in [-0.15, -0.1) is 0 Å². The van der Waals surface area contributed by atoms with E-state index in [1.54, 1.807) is 17.9 Å². The average molecular weight is 592 g/mol. The van der Waals surface area contributed by atoms with Crippen LogP contribution >= 0.6 is 31.9 Å². The van der Waals surface area contributed by atoms with Crippen LogP contribution in [0.1, 0.15) is 11.1 Å². The quantitative estimate of drug-likeness (QED) is 0.296. The van der Waals surface area contributed by atoms with Gasteiger partial charge in [0.2, 0.25) is 0 Å². The summed E-state index contributed by atoms with van der Waals surface area (Å²) in [5.41, 5.74) is 1.94. The standard InChI is InChI=1S/C24H24Br2N4O4/c1-28-22-21(23(31)29(2)24(28)32)30(15-27-22)11-20(34-13-17-6-4-8-19(26)10-17)14-33-12-16-5-3-7-18(25)9-16/h3-10,15,20H,11-14H2,1-2H3. The number of hydrogen-bond donors (Lipinski definition) is 0. The molecule has 0 fully saturated rings. The lowest BCUT2D eigenvalue weighted by Gasteiger charge is -2.19. The molecule has 2 heterocycles. The molecule has 4 rings (SSSR count). The molecule has 0 aliphatic heterocycles. The van der Waals surface area contributed by atoms with Crippen molar-refractivity contribution in [3.8, 4) is 0 Å². The number of imidazole rings is 1. The minimum Gasteiger partial charge on any atom is -0.374 e. The fraction of sp³-hybridized carbons (Fsp3) is 0.292. The fourth-order valence-electron chi connectivity index (χ4n) is 3.68. The number of rotatable bonds is 9. The molecule has 2 aromatic heterocycles. The van der Waals surface area contributed by atoms with Crippen LogP contribution in [0.15, 0.2) is 73.4 Å². The van der Waals surface area contributed by atoms with Crippen LogP contribution in [0.25, 0.3) is 11.2 Å². The van der Waals surface area contributed by atoms with Crippen LogP contribution in [-0.4, -0.2) is 31.4 Å². The van der Waals surface area contributed by atoms with Crippen molar-refractivity contribution in [2.75, 3.05) is 6.61 Å². The third-order valence-corrected chi connectivity index (χ3v) is 6.44. The fourth-order valence-corrected chi connectivity index (χ4v) is 4.58. The van der Waals surface area contributed by atoms with Gasteiger partial charge in [-0.1, -0.05) is 56.1 Å². The zero-order valence-electron chi connectivity index (χ0n) is 18.8. The molecular formula is C24H24Br2N4O4. The number of aryl methyl sites for hydroxylation is 1. The summed E-state index contributed by atoms with van der Waals surface area (Å²) in [5, 5.41) is 0. The van der Waals surface area contributed by atoms with E-state index in [2.05, 4.69) is 36.8 Å². The minimum absolute atomic E-state index is 0.312. The van der Waals surface area contributed by atoms with Crippen molar-refractivity contribution in [3.05, 3.63) is 95.8 Å². The van der Waals surface area contributed by atoms with Gasteiger partial charge in [0.1, 0.15) is 0 Å². The van der Waals surface area contributed by atoms with E-state index in [0.29, 0.717) is 37.5 Å². The number of ether oxygens (including phenoxy) is 2. The first-order chi connectivity index (χ1) is 16.3. The molecule has 0 spiro atoms. The van der Waals surface area contributed by atoms with Gasteiger partial charge in [-0.25, -0.2) is 9.78 Å². The Labute approximate surface area is 213 Å². The largest absolute Gasteiger partial charge is 0.374 e. The maximum atomic E-state index is 12.8.